The number of methoxy groups -OCH3 is 1. The van der Waals surface area contributed by atoms with Crippen molar-refractivity contribution in [1.29, 1.82) is 0 Å². The Morgan fingerprint density at radius 1 is 1.11 bits per heavy atom. The number of rotatable bonds is 5. The highest BCUT2D eigenvalue weighted by molar-refractivity contribution is 5.86. The van der Waals surface area contributed by atoms with Crippen molar-refractivity contribution in [3.05, 3.63) is 65.2 Å². The molecule has 1 heterocycles. The summed E-state index contributed by atoms with van der Waals surface area (Å²) in [6, 6.07) is 16.1. The van der Waals surface area contributed by atoms with Gasteiger partial charge in [0.25, 0.3) is 0 Å². The van der Waals surface area contributed by atoms with Gasteiger partial charge in [-0.3, -0.25) is 9.59 Å². The van der Waals surface area contributed by atoms with Crippen molar-refractivity contribution in [1.82, 2.24) is 9.80 Å². The molecule has 0 aromatic heterocycles. The van der Waals surface area contributed by atoms with Crippen LogP contribution in [0.4, 0.5) is 0 Å². The molecule has 1 aliphatic heterocycles. The molecule has 0 spiro atoms. The normalized spacial score (nSPS) is 18.9. The molecule has 1 saturated heterocycles. The molecule has 1 fully saturated rings. The average Bonchev–Trinajstić information content (AvgIpc) is 3.13. The molecule has 2 aliphatic rings. The van der Waals surface area contributed by atoms with E-state index in [-0.39, 0.29) is 24.3 Å². The highest BCUT2D eigenvalue weighted by Crippen LogP contribution is 2.35. The summed E-state index contributed by atoms with van der Waals surface area (Å²) < 4.78 is 5.17. The molecule has 0 saturated carbocycles. The van der Waals surface area contributed by atoms with E-state index >= 15 is 0 Å². The summed E-state index contributed by atoms with van der Waals surface area (Å²) in [5.74, 6) is 1.21. The fourth-order valence-electron chi connectivity index (χ4n) is 4.24. The molecule has 1 atom stereocenters. The van der Waals surface area contributed by atoms with Crippen LogP contribution in [0.2, 0.25) is 0 Å². The predicted octanol–water partition coefficient (Wildman–Crippen LogP) is 2.99. The zero-order valence-electron chi connectivity index (χ0n) is 16.3. The lowest BCUT2D eigenvalue weighted by molar-refractivity contribution is -0.145. The third-order valence-corrected chi connectivity index (χ3v) is 5.88. The number of amides is 2. The molecule has 1 aliphatic carbocycles. The van der Waals surface area contributed by atoms with Gasteiger partial charge >= 0.3 is 0 Å². The number of aryl methyl sites for hydroxylation is 1. The van der Waals surface area contributed by atoms with Crippen LogP contribution in [0.25, 0.3) is 0 Å². The Hall–Kier alpha value is -2.82. The fraction of sp³-hybridized carbons (Fsp3) is 0.391. The third-order valence-electron chi connectivity index (χ3n) is 5.88. The first kappa shape index (κ1) is 18.5. The van der Waals surface area contributed by atoms with Gasteiger partial charge in [0.15, 0.2) is 0 Å². The van der Waals surface area contributed by atoms with Crippen molar-refractivity contribution in [3.63, 3.8) is 0 Å². The van der Waals surface area contributed by atoms with Crippen LogP contribution >= 0.6 is 0 Å². The van der Waals surface area contributed by atoms with Crippen LogP contribution in [0, 0.1) is 0 Å². The number of ether oxygens (including phenoxy) is 1. The van der Waals surface area contributed by atoms with Crippen LogP contribution in [0.5, 0.6) is 5.75 Å². The highest BCUT2D eigenvalue weighted by Gasteiger charge is 2.30. The predicted molar refractivity (Wildman–Crippen MR) is 107 cm³/mol. The number of nitrogens with zero attached hydrogens (tertiary/aromatic N) is 2. The van der Waals surface area contributed by atoms with Crippen molar-refractivity contribution >= 4 is 11.8 Å². The van der Waals surface area contributed by atoms with Gasteiger partial charge in [-0.25, -0.2) is 0 Å². The standard InChI is InChI=1S/C23H26N2O3/c1-28-20-10-6-17(7-11-20)15-24-12-13-25(16-23(24)27)22(26)14-19-9-8-18-4-2-3-5-21(18)19/h2-7,10-11,19H,8-9,12-16H2,1H3. The van der Waals surface area contributed by atoms with E-state index in [1.165, 1.54) is 11.1 Å². The Bertz CT molecular complexity index is 862. The van der Waals surface area contributed by atoms with E-state index in [2.05, 4.69) is 18.2 Å². The lowest BCUT2D eigenvalue weighted by Crippen LogP contribution is -2.51. The van der Waals surface area contributed by atoms with Crippen LogP contribution in [0.1, 0.15) is 35.4 Å². The van der Waals surface area contributed by atoms with Gasteiger partial charge in [-0.1, -0.05) is 36.4 Å². The monoisotopic (exact) mass is 378 g/mol. The van der Waals surface area contributed by atoms with Gasteiger partial charge in [0, 0.05) is 26.1 Å². The molecule has 5 heteroatoms. The Labute approximate surface area is 165 Å². The zero-order chi connectivity index (χ0) is 19.5. The first-order chi connectivity index (χ1) is 13.6. The van der Waals surface area contributed by atoms with Gasteiger partial charge in [0.05, 0.1) is 13.7 Å². The molecular formula is C23H26N2O3. The van der Waals surface area contributed by atoms with Gasteiger partial charge < -0.3 is 14.5 Å². The molecule has 0 radical (unpaired) electrons. The van der Waals surface area contributed by atoms with E-state index in [0.717, 1.165) is 24.2 Å². The first-order valence-corrected chi connectivity index (χ1v) is 9.90. The summed E-state index contributed by atoms with van der Waals surface area (Å²) in [5, 5.41) is 0. The SMILES string of the molecule is COc1ccc(CN2CCN(C(=O)CC3CCc4ccccc43)CC2=O)cc1. The number of piperazine rings is 1. The van der Waals surface area contributed by atoms with E-state index < -0.39 is 0 Å². The summed E-state index contributed by atoms with van der Waals surface area (Å²) in [4.78, 5) is 28.9. The van der Waals surface area contributed by atoms with E-state index in [1.54, 1.807) is 12.0 Å². The van der Waals surface area contributed by atoms with Gasteiger partial charge in [-0.2, -0.15) is 0 Å². The Morgan fingerprint density at radius 2 is 1.89 bits per heavy atom. The fourth-order valence-corrected chi connectivity index (χ4v) is 4.24. The van der Waals surface area contributed by atoms with Crippen LogP contribution in [0.15, 0.2) is 48.5 Å². The molecule has 146 valence electrons. The van der Waals surface area contributed by atoms with Gasteiger partial charge in [-0.15, -0.1) is 0 Å². The number of hydrogen-bond acceptors (Lipinski definition) is 3. The maximum absolute atomic E-state index is 12.8. The van der Waals surface area contributed by atoms with Gasteiger partial charge in [0.2, 0.25) is 11.8 Å². The average molecular weight is 378 g/mol. The van der Waals surface area contributed by atoms with Crippen molar-refractivity contribution in [2.45, 2.75) is 31.7 Å². The van der Waals surface area contributed by atoms with Crippen LogP contribution < -0.4 is 4.74 Å². The largest absolute Gasteiger partial charge is 0.497 e. The number of carbonyl (C=O) groups excluding carboxylic acids is 2. The maximum Gasteiger partial charge on any atom is 0.242 e. The van der Waals surface area contributed by atoms with Crippen LogP contribution in [-0.4, -0.2) is 48.4 Å². The van der Waals surface area contributed by atoms with Crippen molar-refractivity contribution in [2.24, 2.45) is 0 Å². The van der Waals surface area contributed by atoms with E-state index in [1.807, 2.05) is 35.2 Å². The lowest BCUT2D eigenvalue weighted by Gasteiger charge is -2.35. The minimum absolute atomic E-state index is 0.0160. The number of hydrogen-bond donors (Lipinski definition) is 0. The summed E-state index contributed by atoms with van der Waals surface area (Å²) in [6.45, 7) is 1.94. The molecule has 0 bridgehead atoms. The van der Waals surface area contributed by atoms with Crippen molar-refractivity contribution < 1.29 is 14.3 Å². The maximum atomic E-state index is 12.8. The molecule has 5 nitrogen and oxygen atoms in total. The van der Waals surface area contributed by atoms with Crippen LogP contribution in [0.3, 0.4) is 0 Å². The third kappa shape index (κ3) is 3.88. The second-order valence-corrected chi connectivity index (χ2v) is 7.62. The molecule has 1 unspecified atom stereocenters. The highest BCUT2D eigenvalue weighted by atomic mass is 16.5. The number of fused-ring (bicyclic) bond motifs is 1. The molecule has 4 rings (SSSR count). The molecule has 0 N–H and O–H groups in total. The first-order valence-electron chi connectivity index (χ1n) is 9.90. The zero-order valence-corrected chi connectivity index (χ0v) is 16.3. The van der Waals surface area contributed by atoms with E-state index in [9.17, 15) is 9.59 Å². The summed E-state index contributed by atoms with van der Waals surface area (Å²) >= 11 is 0. The minimum Gasteiger partial charge on any atom is -0.497 e. The molecule has 28 heavy (non-hydrogen) atoms. The minimum atomic E-state index is 0.0160. The Kier molecular flexibility index (Phi) is 5.33. The lowest BCUT2D eigenvalue weighted by atomic mass is 9.97. The summed E-state index contributed by atoms with van der Waals surface area (Å²) in [7, 11) is 1.64. The van der Waals surface area contributed by atoms with E-state index in [4.69, 9.17) is 4.74 Å². The second-order valence-electron chi connectivity index (χ2n) is 7.62. The van der Waals surface area contributed by atoms with Gasteiger partial charge in [-0.05, 0) is 47.6 Å². The van der Waals surface area contributed by atoms with Crippen molar-refractivity contribution in [3.8, 4) is 5.75 Å². The Balaban J connectivity index is 1.32. The molecule has 2 amide bonds. The molecule has 2 aromatic rings. The number of benzene rings is 2. The quantitative estimate of drug-likeness (QED) is 0.804. The van der Waals surface area contributed by atoms with Crippen LogP contribution in [-0.2, 0) is 22.6 Å². The molecular weight excluding hydrogens is 352 g/mol. The van der Waals surface area contributed by atoms with E-state index in [0.29, 0.717) is 26.1 Å². The Morgan fingerprint density at radius 3 is 2.64 bits per heavy atom. The summed E-state index contributed by atoms with van der Waals surface area (Å²) in [6.07, 6.45) is 2.57. The summed E-state index contributed by atoms with van der Waals surface area (Å²) in [5.41, 5.74) is 3.73. The van der Waals surface area contributed by atoms with Crippen molar-refractivity contribution in [2.75, 3.05) is 26.7 Å². The molecule has 2 aromatic carbocycles. The number of carbonyl (C=O) groups is 2. The smallest absolute Gasteiger partial charge is 0.242 e. The topological polar surface area (TPSA) is 49.9 Å². The van der Waals surface area contributed by atoms with Gasteiger partial charge in [0.1, 0.15) is 5.75 Å². The second kappa shape index (κ2) is 8.05.